The molecule has 1 fully saturated rings. The number of amides is 1. The van der Waals surface area contributed by atoms with Gasteiger partial charge in [0.2, 0.25) is 0 Å². The van der Waals surface area contributed by atoms with Crippen LogP contribution < -0.4 is 5.73 Å². The van der Waals surface area contributed by atoms with Gasteiger partial charge in [0.1, 0.15) is 0 Å². The second-order valence-corrected chi connectivity index (χ2v) is 6.72. The van der Waals surface area contributed by atoms with Crippen LogP contribution in [-0.4, -0.2) is 34.4 Å². The predicted molar refractivity (Wildman–Crippen MR) is 80.5 cm³/mol. The van der Waals surface area contributed by atoms with Gasteiger partial charge in [0.15, 0.2) is 0 Å². The Bertz CT molecular complexity index is 437. The zero-order valence-electron chi connectivity index (χ0n) is 10.7. The minimum atomic E-state index is 0. The fourth-order valence-electron chi connectivity index (χ4n) is 2.05. The number of hydrogen-bond acceptors (Lipinski definition) is 3. The fourth-order valence-corrected chi connectivity index (χ4v) is 3.16. The molecule has 1 heterocycles. The highest BCUT2D eigenvalue weighted by Gasteiger charge is 2.30. The molecule has 0 saturated carbocycles. The van der Waals surface area contributed by atoms with Crippen molar-refractivity contribution in [2.24, 2.45) is 0 Å². The van der Waals surface area contributed by atoms with Crippen molar-refractivity contribution in [2.75, 3.05) is 24.6 Å². The molecule has 1 saturated heterocycles. The van der Waals surface area contributed by atoms with Crippen LogP contribution >= 0.6 is 24.2 Å². The number of anilines is 1. The van der Waals surface area contributed by atoms with E-state index in [0.717, 1.165) is 18.8 Å². The second kappa shape index (κ2) is 5.85. The van der Waals surface area contributed by atoms with Gasteiger partial charge in [0, 0.05) is 29.3 Å². The molecule has 2 rings (SSSR count). The van der Waals surface area contributed by atoms with Gasteiger partial charge in [-0.15, -0.1) is 12.4 Å². The van der Waals surface area contributed by atoms with Crippen molar-refractivity contribution in [3.8, 4) is 0 Å². The highest BCUT2D eigenvalue weighted by atomic mass is 35.5. The normalized spacial score (nSPS) is 18.0. The summed E-state index contributed by atoms with van der Waals surface area (Å²) < 4.78 is 0.136. The van der Waals surface area contributed by atoms with Crippen LogP contribution in [0.4, 0.5) is 5.69 Å². The first-order valence-corrected chi connectivity index (χ1v) is 6.76. The number of nitrogens with two attached hydrogens (primary N) is 1. The van der Waals surface area contributed by atoms with Gasteiger partial charge in [-0.25, -0.2) is 0 Å². The topological polar surface area (TPSA) is 46.3 Å². The van der Waals surface area contributed by atoms with Crippen molar-refractivity contribution >= 4 is 35.8 Å². The first-order valence-electron chi connectivity index (χ1n) is 5.77. The molecule has 1 aliphatic rings. The van der Waals surface area contributed by atoms with Gasteiger partial charge in [-0.2, -0.15) is 11.8 Å². The van der Waals surface area contributed by atoms with Crippen LogP contribution in [-0.2, 0) is 0 Å². The van der Waals surface area contributed by atoms with Gasteiger partial charge in [-0.3, -0.25) is 4.79 Å². The Morgan fingerprint density at radius 1 is 1.39 bits per heavy atom. The molecule has 100 valence electrons. The van der Waals surface area contributed by atoms with Crippen molar-refractivity contribution in [1.29, 1.82) is 0 Å². The van der Waals surface area contributed by atoms with E-state index in [1.165, 1.54) is 0 Å². The van der Waals surface area contributed by atoms with Crippen LogP contribution in [0.5, 0.6) is 0 Å². The summed E-state index contributed by atoms with van der Waals surface area (Å²) in [5.74, 6) is 1.04. The molecular formula is C13H19ClN2OS. The fraction of sp³-hybridized carbons (Fsp3) is 0.462. The van der Waals surface area contributed by atoms with Crippen molar-refractivity contribution in [1.82, 2.24) is 4.90 Å². The molecule has 0 atom stereocenters. The van der Waals surface area contributed by atoms with E-state index in [4.69, 9.17) is 5.73 Å². The zero-order valence-corrected chi connectivity index (χ0v) is 12.3. The van der Waals surface area contributed by atoms with E-state index in [0.29, 0.717) is 11.3 Å². The van der Waals surface area contributed by atoms with Crippen LogP contribution in [0, 0.1) is 0 Å². The summed E-state index contributed by atoms with van der Waals surface area (Å²) in [5.41, 5.74) is 7.03. The Hall–Kier alpha value is -0.870. The summed E-state index contributed by atoms with van der Waals surface area (Å²) in [6, 6.07) is 7.28. The summed E-state index contributed by atoms with van der Waals surface area (Å²) in [6.45, 7) is 5.93. The number of rotatable bonds is 1. The molecule has 0 bridgehead atoms. The molecule has 1 aromatic rings. The number of nitrogens with zero attached hydrogens (tertiary/aromatic N) is 1. The van der Waals surface area contributed by atoms with Crippen LogP contribution in [0.15, 0.2) is 24.3 Å². The van der Waals surface area contributed by atoms with Crippen molar-refractivity contribution in [3.63, 3.8) is 0 Å². The van der Waals surface area contributed by atoms with Crippen LogP contribution in [0.2, 0.25) is 0 Å². The molecule has 1 aliphatic heterocycles. The minimum Gasteiger partial charge on any atom is -0.398 e. The maximum Gasteiger partial charge on any atom is 0.256 e. The largest absolute Gasteiger partial charge is 0.398 e. The lowest BCUT2D eigenvalue weighted by Crippen LogP contribution is -2.46. The van der Waals surface area contributed by atoms with E-state index in [9.17, 15) is 4.79 Å². The molecule has 5 heteroatoms. The predicted octanol–water partition coefficient (Wildman–Crippen LogP) is 2.66. The molecule has 0 spiro atoms. The lowest BCUT2D eigenvalue weighted by Gasteiger charge is -2.37. The number of halogens is 1. The van der Waals surface area contributed by atoms with Crippen LogP contribution in [0.1, 0.15) is 24.2 Å². The zero-order chi connectivity index (χ0) is 12.5. The smallest absolute Gasteiger partial charge is 0.256 e. The van der Waals surface area contributed by atoms with Crippen molar-refractivity contribution < 1.29 is 4.79 Å². The molecule has 0 aromatic heterocycles. The molecule has 0 unspecified atom stereocenters. The first-order chi connectivity index (χ1) is 7.99. The number of benzene rings is 1. The van der Waals surface area contributed by atoms with Crippen LogP contribution in [0.25, 0.3) is 0 Å². The molecule has 0 aliphatic carbocycles. The average molecular weight is 287 g/mol. The second-order valence-electron chi connectivity index (χ2n) is 4.92. The number of hydrogen-bond donors (Lipinski definition) is 1. The molecule has 3 nitrogen and oxygen atoms in total. The highest BCUT2D eigenvalue weighted by Crippen LogP contribution is 2.30. The van der Waals surface area contributed by atoms with Gasteiger partial charge in [0.05, 0.1) is 5.56 Å². The Morgan fingerprint density at radius 3 is 2.67 bits per heavy atom. The first kappa shape index (κ1) is 15.2. The minimum absolute atomic E-state index is 0. The number of nitrogen functional groups attached to an aromatic ring is 1. The highest BCUT2D eigenvalue weighted by molar-refractivity contribution is 8.00. The Kier molecular flexibility index (Phi) is 4.93. The van der Waals surface area contributed by atoms with E-state index in [1.54, 1.807) is 12.1 Å². The molecule has 2 N–H and O–H groups in total. The number of para-hydroxylation sites is 1. The van der Waals surface area contributed by atoms with Gasteiger partial charge in [0.25, 0.3) is 5.91 Å². The summed E-state index contributed by atoms with van der Waals surface area (Å²) >= 11 is 1.92. The Labute approximate surface area is 119 Å². The maximum atomic E-state index is 12.3. The third-order valence-corrected chi connectivity index (χ3v) is 4.20. The third-order valence-electron chi connectivity index (χ3n) is 2.90. The average Bonchev–Trinajstić information content (AvgIpc) is 2.27. The summed E-state index contributed by atoms with van der Waals surface area (Å²) in [6.07, 6.45) is 0. The van der Waals surface area contributed by atoms with Crippen LogP contribution in [0.3, 0.4) is 0 Å². The standard InChI is InChI=1S/C13H18N2OS.ClH/c1-13(2)9-15(7-8-17-13)12(16)10-5-3-4-6-11(10)14;/h3-6H,7-9,14H2,1-2H3;1H. The van der Waals surface area contributed by atoms with E-state index in [2.05, 4.69) is 13.8 Å². The summed E-state index contributed by atoms with van der Waals surface area (Å²) in [7, 11) is 0. The molecule has 0 radical (unpaired) electrons. The van der Waals surface area contributed by atoms with Crippen molar-refractivity contribution in [3.05, 3.63) is 29.8 Å². The Balaban J connectivity index is 0.00000162. The molecule has 1 amide bonds. The quantitative estimate of drug-likeness (QED) is 0.808. The molecule has 1 aromatic carbocycles. The third kappa shape index (κ3) is 3.33. The van der Waals surface area contributed by atoms with Gasteiger partial charge >= 0.3 is 0 Å². The lowest BCUT2D eigenvalue weighted by atomic mass is 10.1. The van der Waals surface area contributed by atoms with Crippen molar-refractivity contribution in [2.45, 2.75) is 18.6 Å². The van der Waals surface area contributed by atoms with Gasteiger partial charge in [-0.1, -0.05) is 12.1 Å². The number of carbonyl (C=O) groups excluding carboxylic acids is 1. The molecule has 18 heavy (non-hydrogen) atoms. The summed E-state index contributed by atoms with van der Waals surface area (Å²) in [4.78, 5) is 14.2. The van der Waals surface area contributed by atoms with E-state index >= 15 is 0 Å². The molecular weight excluding hydrogens is 268 g/mol. The SMILES string of the molecule is CC1(C)CN(C(=O)c2ccccc2N)CCS1.Cl. The van der Waals surface area contributed by atoms with E-state index < -0.39 is 0 Å². The van der Waals surface area contributed by atoms with E-state index in [-0.39, 0.29) is 23.1 Å². The van der Waals surface area contributed by atoms with E-state index in [1.807, 2.05) is 28.8 Å². The monoisotopic (exact) mass is 286 g/mol. The lowest BCUT2D eigenvalue weighted by molar-refractivity contribution is 0.0749. The summed E-state index contributed by atoms with van der Waals surface area (Å²) in [5, 5.41) is 0. The number of thioether (sulfide) groups is 1. The maximum absolute atomic E-state index is 12.3. The number of carbonyl (C=O) groups is 1. The van der Waals surface area contributed by atoms with Gasteiger partial charge in [-0.05, 0) is 26.0 Å². The van der Waals surface area contributed by atoms with Gasteiger partial charge < -0.3 is 10.6 Å². The Morgan fingerprint density at radius 2 is 2.06 bits per heavy atom.